The van der Waals surface area contributed by atoms with Crippen molar-refractivity contribution in [2.24, 2.45) is 7.05 Å². The van der Waals surface area contributed by atoms with Crippen LogP contribution in [0.4, 0.5) is 5.82 Å². The molecule has 2 aromatic heterocycles. The van der Waals surface area contributed by atoms with Crippen LogP contribution in [0.1, 0.15) is 16.8 Å². The first-order valence-electron chi connectivity index (χ1n) is 6.55. The van der Waals surface area contributed by atoms with E-state index in [0.717, 1.165) is 29.6 Å². The first-order chi connectivity index (χ1) is 9.70. The van der Waals surface area contributed by atoms with Gasteiger partial charge in [0.2, 0.25) is 0 Å². The van der Waals surface area contributed by atoms with Crippen molar-refractivity contribution in [2.75, 3.05) is 17.7 Å². The Morgan fingerprint density at radius 2 is 2.30 bits per heavy atom. The lowest BCUT2D eigenvalue weighted by Gasteiger charge is -2.07. The lowest BCUT2D eigenvalue weighted by Crippen LogP contribution is -2.03. The average Bonchev–Trinajstić information content (AvgIpc) is 2.77. The summed E-state index contributed by atoms with van der Waals surface area (Å²) in [5.74, 6) is 2.53. The third kappa shape index (κ3) is 3.98. The van der Waals surface area contributed by atoms with Gasteiger partial charge in [0.05, 0.1) is 12.8 Å². The van der Waals surface area contributed by atoms with E-state index in [4.69, 9.17) is 5.11 Å². The fourth-order valence-electron chi connectivity index (χ4n) is 1.82. The SMILES string of the molecule is Cc1c(CNc2cc(CSCCO)ccn2)cnn1C. The summed E-state index contributed by atoms with van der Waals surface area (Å²) in [7, 11) is 1.94. The second-order valence-corrected chi connectivity index (χ2v) is 5.66. The summed E-state index contributed by atoms with van der Waals surface area (Å²) in [6.45, 7) is 3.00. The maximum Gasteiger partial charge on any atom is 0.126 e. The molecule has 0 aliphatic carbocycles. The predicted octanol–water partition coefficient (Wildman–Crippen LogP) is 1.96. The molecule has 2 heterocycles. The number of pyridine rings is 1. The van der Waals surface area contributed by atoms with Gasteiger partial charge in [-0.05, 0) is 24.6 Å². The molecule has 2 rings (SSSR count). The van der Waals surface area contributed by atoms with Gasteiger partial charge in [-0.25, -0.2) is 4.98 Å². The fraction of sp³-hybridized carbons (Fsp3) is 0.429. The zero-order chi connectivity index (χ0) is 14.4. The molecular weight excluding hydrogens is 272 g/mol. The first-order valence-corrected chi connectivity index (χ1v) is 7.71. The topological polar surface area (TPSA) is 63.0 Å². The molecule has 0 radical (unpaired) electrons. The highest BCUT2D eigenvalue weighted by atomic mass is 32.2. The average molecular weight is 292 g/mol. The highest BCUT2D eigenvalue weighted by Gasteiger charge is 2.04. The minimum Gasteiger partial charge on any atom is -0.396 e. The van der Waals surface area contributed by atoms with Crippen LogP contribution in [0.2, 0.25) is 0 Å². The molecule has 0 aliphatic heterocycles. The van der Waals surface area contributed by atoms with E-state index in [9.17, 15) is 0 Å². The summed E-state index contributed by atoms with van der Waals surface area (Å²) in [6, 6.07) is 4.06. The Hall–Kier alpha value is -1.53. The lowest BCUT2D eigenvalue weighted by atomic mass is 10.2. The third-order valence-corrected chi connectivity index (χ3v) is 4.13. The minimum atomic E-state index is 0.223. The van der Waals surface area contributed by atoms with E-state index in [-0.39, 0.29) is 6.61 Å². The van der Waals surface area contributed by atoms with Gasteiger partial charge >= 0.3 is 0 Å². The van der Waals surface area contributed by atoms with E-state index in [1.165, 1.54) is 11.1 Å². The molecular formula is C14H20N4OS. The van der Waals surface area contributed by atoms with E-state index in [1.54, 1.807) is 11.8 Å². The molecule has 0 unspecified atom stereocenters. The quantitative estimate of drug-likeness (QED) is 0.764. The molecule has 2 aromatic rings. The van der Waals surface area contributed by atoms with Gasteiger partial charge in [0.1, 0.15) is 5.82 Å². The van der Waals surface area contributed by atoms with Crippen LogP contribution in [0, 0.1) is 6.92 Å². The summed E-state index contributed by atoms with van der Waals surface area (Å²) in [5, 5.41) is 16.3. The molecule has 0 fully saturated rings. The molecule has 20 heavy (non-hydrogen) atoms. The summed E-state index contributed by atoms with van der Waals surface area (Å²) in [5.41, 5.74) is 3.55. The Kier molecular flexibility index (Phi) is 5.43. The van der Waals surface area contributed by atoms with Gasteiger partial charge < -0.3 is 10.4 Å². The van der Waals surface area contributed by atoms with Crippen molar-refractivity contribution in [3.63, 3.8) is 0 Å². The molecule has 0 aliphatic rings. The predicted molar refractivity (Wildman–Crippen MR) is 82.8 cm³/mol. The van der Waals surface area contributed by atoms with Crippen molar-refractivity contribution in [3.05, 3.63) is 41.3 Å². The number of nitrogens with zero attached hydrogens (tertiary/aromatic N) is 3. The molecule has 0 bridgehead atoms. The molecule has 0 atom stereocenters. The van der Waals surface area contributed by atoms with Crippen LogP contribution in [-0.2, 0) is 19.3 Å². The molecule has 0 aromatic carbocycles. The molecule has 0 saturated carbocycles. The molecule has 6 heteroatoms. The van der Waals surface area contributed by atoms with Crippen molar-refractivity contribution < 1.29 is 5.11 Å². The van der Waals surface area contributed by atoms with Gasteiger partial charge in [-0.1, -0.05) is 0 Å². The third-order valence-electron chi connectivity index (χ3n) is 3.13. The van der Waals surface area contributed by atoms with Gasteiger partial charge in [0, 0.05) is 42.6 Å². The van der Waals surface area contributed by atoms with Crippen molar-refractivity contribution in [3.8, 4) is 0 Å². The zero-order valence-corrected chi connectivity index (χ0v) is 12.7. The van der Waals surface area contributed by atoms with Crippen LogP contribution < -0.4 is 5.32 Å². The monoisotopic (exact) mass is 292 g/mol. The van der Waals surface area contributed by atoms with E-state index in [1.807, 2.05) is 30.2 Å². The number of thioether (sulfide) groups is 1. The second kappa shape index (κ2) is 7.31. The van der Waals surface area contributed by atoms with Gasteiger partial charge in [-0.15, -0.1) is 0 Å². The van der Waals surface area contributed by atoms with Crippen LogP contribution in [0.5, 0.6) is 0 Å². The van der Waals surface area contributed by atoms with Crippen molar-refractivity contribution in [1.29, 1.82) is 0 Å². The Balaban J connectivity index is 1.92. The van der Waals surface area contributed by atoms with E-state index < -0.39 is 0 Å². The standard InChI is InChI=1S/C14H20N4OS/c1-11-13(9-17-18(11)2)8-16-14-7-12(3-4-15-14)10-20-6-5-19/h3-4,7,9,19H,5-6,8,10H2,1-2H3,(H,15,16). The summed E-state index contributed by atoms with van der Waals surface area (Å²) >= 11 is 1.72. The Bertz CT molecular complexity index is 556. The number of hydrogen-bond acceptors (Lipinski definition) is 5. The number of aliphatic hydroxyl groups is 1. The van der Waals surface area contributed by atoms with Crippen LogP contribution in [0.15, 0.2) is 24.5 Å². The molecule has 5 nitrogen and oxygen atoms in total. The fourth-order valence-corrected chi connectivity index (χ4v) is 2.51. The number of hydrogen-bond donors (Lipinski definition) is 2. The zero-order valence-electron chi connectivity index (χ0n) is 11.8. The summed E-state index contributed by atoms with van der Waals surface area (Å²) in [4.78, 5) is 4.32. The van der Waals surface area contributed by atoms with Crippen molar-refractivity contribution in [1.82, 2.24) is 14.8 Å². The minimum absolute atomic E-state index is 0.223. The van der Waals surface area contributed by atoms with Crippen molar-refractivity contribution >= 4 is 17.6 Å². The number of rotatable bonds is 7. The van der Waals surface area contributed by atoms with Crippen LogP contribution in [0.3, 0.4) is 0 Å². The van der Waals surface area contributed by atoms with Crippen LogP contribution in [-0.4, -0.2) is 32.2 Å². The number of anilines is 1. The van der Waals surface area contributed by atoms with E-state index >= 15 is 0 Å². The smallest absolute Gasteiger partial charge is 0.126 e. The highest BCUT2D eigenvalue weighted by Crippen LogP contribution is 2.15. The largest absolute Gasteiger partial charge is 0.396 e. The van der Waals surface area contributed by atoms with Gasteiger partial charge in [0.25, 0.3) is 0 Å². The van der Waals surface area contributed by atoms with E-state index in [0.29, 0.717) is 0 Å². The normalized spacial score (nSPS) is 10.8. The van der Waals surface area contributed by atoms with Gasteiger partial charge in [0.15, 0.2) is 0 Å². The van der Waals surface area contributed by atoms with Crippen LogP contribution in [0.25, 0.3) is 0 Å². The summed E-state index contributed by atoms with van der Waals surface area (Å²) in [6.07, 6.45) is 3.69. The molecule has 0 spiro atoms. The van der Waals surface area contributed by atoms with E-state index in [2.05, 4.69) is 28.4 Å². The Labute approximate surface area is 123 Å². The number of aromatic nitrogens is 3. The molecule has 108 valence electrons. The van der Waals surface area contributed by atoms with Gasteiger partial charge in [-0.3, -0.25) is 4.68 Å². The Morgan fingerprint density at radius 3 is 3.00 bits per heavy atom. The second-order valence-electron chi connectivity index (χ2n) is 4.56. The molecule has 0 saturated heterocycles. The highest BCUT2D eigenvalue weighted by molar-refractivity contribution is 7.98. The molecule has 2 N–H and O–H groups in total. The lowest BCUT2D eigenvalue weighted by molar-refractivity contribution is 0.322. The maximum absolute atomic E-state index is 8.78. The van der Waals surface area contributed by atoms with Crippen LogP contribution >= 0.6 is 11.8 Å². The van der Waals surface area contributed by atoms with Crippen molar-refractivity contribution in [2.45, 2.75) is 19.2 Å². The number of aliphatic hydroxyl groups excluding tert-OH is 1. The Morgan fingerprint density at radius 1 is 1.45 bits per heavy atom. The molecule has 0 amide bonds. The number of nitrogens with one attached hydrogen (secondary N) is 1. The number of aryl methyl sites for hydroxylation is 1. The maximum atomic E-state index is 8.78. The van der Waals surface area contributed by atoms with Gasteiger partial charge in [-0.2, -0.15) is 16.9 Å². The first kappa shape index (κ1) is 14.9. The summed E-state index contributed by atoms with van der Waals surface area (Å²) < 4.78 is 1.87.